The maximum atomic E-state index is 5.52. The summed E-state index contributed by atoms with van der Waals surface area (Å²) in [5, 5.41) is 0. The number of hydrogen-bond acceptors (Lipinski definition) is 2. The summed E-state index contributed by atoms with van der Waals surface area (Å²) < 4.78 is 5.52. The molecule has 0 saturated carbocycles. The first-order valence-electron chi connectivity index (χ1n) is 5.22. The molecule has 0 aliphatic carbocycles. The highest BCUT2D eigenvalue weighted by Crippen LogP contribution is 2.18. The molecule has 0 aromatic heterocycles. The summed E-state index contributed by atoms with van der Waals surface area (Å²) in [5.41, 5.74) is 1.34. The predicted molar refractivity (Wildman–Crippen MR) is 69.0 cm³/mol. The maximum Gasteiger partial charge on any atom is 0.119 e. The van der Waals surface area contributed by atoms with Crippen molar-refractivity contribution in [1.29, 1.82) is 0 Å². The lowest BCUT2D eigenvalue weighted by atomic mass is 10.0. The molecule has 2 heteroatoms. The molecule has 0 bridgehead atoms. The number of ether oxygens (including phenoxy) is 1. The Balaban J connectivity index is 2.46. The summed E-state index contributed by atoms with van der Waals surface area (Å²) in [5.74, 6) is 2.25. The van der Waals surface area contributed by atoms with E-state index < -0.39 is 0 Å². The minimum Gasteiger partial charge on any atom is -0.490 e. The first-order valence-corrected chi connectivity index (χ1v) is 5.86. The Morgan fingerprint density at radius 1 is 1.20 bits per heavy atom. The first kappa shape index (κ1) is 12.2. The fourth-order valence-electron chi connectivity index (χ4n) is 1.24. The third-order valence-electron chi connectivity index (χ3n) is 2.17. The van der Waals surface area contributed by atoms with Crippen molar-refractivity contribution >= 4 is 12.6 Å². The van der Waals surface area contributed by atoms with Gasteiger partial charge in [-0.1, -0.05) is 38.1 Å². The molecule has 0 radical (unpaired) electrons. The fraction of sp³-hybridized carbons (Fsp3) is 0.385. The van der Waals surface area contributed by atoms with Crippen LogP contribution < -0.4 is 4.74 Å². The minimum atomic E-state index is 0.572. The lowest BCUT2D eigenvalue weighted by molar-refractivity contribution is 0.362. The summed E-state index contributed by atoms with van der Waals surface area (Å²) in [6.45, 7) is 4.98. The Morgan fingerprint density at radius 2 is 1.87 bits per heavy atom. The van der Waals surface area contributed by atoms with E-state index in [-0.39, 0.29) is 0 Å². The van der Waals surface area contributed by atoms with Crippen LogP contribution in [0.5, 0.6) is 5.75 Å². The van der Waals surface area contributed by atoms with E-state index in [1.54, 1.807) is 0 Å². The van der Waals surface area contributed by atoms with Gasteiger partial charge in [0.25, 0.3) is 0 Å². The van der Waals surface area contributed by atoms with Crippen molar-refractivity contribution in [2.75, 3.05) is 12.4 Å². The molecule has 0 aliphatic heterocycles. The van der Waals surface area contributed by atoms with Gasteiger partial charge in [0.05, 0.1) is 0 Å². The van der Waals surface area contributed by atoms with E-state index in [1.165, 1.54) is 5.56 Å². The molecule has 0 atom stereocenters. The van der Waals surface area contributed by atoms with Crippen molar-refractivity contribution in [3.05, 3.63) is 42.0 Å². The van der Waals surface area contributed by atoms with Crippen LogP contribution in [0, 0.1) is 0 Å². The highest BCUT2D eigenvalue weighted by Gasteiger charge is 1.98. The molecular formula is C13H18OS. The zero-order chi connectivity index (χ0) is 11.1. The van der Waals surface area contributed by atoms with Crippen LogP contribution >= 0.6 is 12.6 Å². The smallest absolute Gasteiger partial charge is 0.119 e. The van der Waals surface area contributed by atoms with Crippen molar-refractivity contribution < 1.29 is 4.74 Å². The molecule has 15 heavy (non-hydrogen) atoms. The van der Waals surface area contributed by atoms with Gasteiger partial charge in [-0.3, -0.25) is 0 Å². The molecular weight excluding hydrogens is 204 g/mol. The third kappa shape index (κ3) is 4.43. The molecule has 1 rings (SSSR count). The van der Waals surface area contributed by atoms with E-state index in [0.717, 1.165) is 11.5 Å². The van der Waals surface area contributed by atoms with E-state index in [1.807, 2.05) is 24.3 Å². The molecule has 0 saturated heterocycles. The second kappa shape index (κ2) is 6.57. The fourth-order valence-corrected chi connectivity index (χ4v) is 1.38. The van der Waals surface area contributed by atoms with Gasteiger partial charge in [0.1, 0.15) is 12.4 Å². The van der Waals surface area contributed by atoms with Crippen molar-refractivity contribution in [1.82, 2.24) is 0 Å². The van der Waals surface area contributed by atoms with Crippen molar-refractivity contribution in [2.24, 2.45) is 0 Å². The molecule has 1 aromatic rings. The van der Waals surface area contributed by atoms with Crippen LogP contribution in [0.2, 0.25) is 0 Å². The van der Waals surface area contributed by atoms with E-state index in [2.05, 4.69) is 38.6 Å². The molecule has 0 aliphatic rings. The van der Waals surface area contributed by atoms with Gasteiger partial charge in [-0.2, -0.15) is 12.6 Å². The van der Waals surface area contributed by atoms with Gasteiger partial charge in [0.2, 0.25) is 0 Å². The highest BCUT2D eigenvalue weighted by atomic mass is 32.1. The van der Waals surface area contributed by atoms with E-state index >= 15 is 0 Å². The monoisotopic (exact) mass is 222 g/mol. The highest BCUT2D eigenvalue weighted by molar-refractivity contribution is 7.80. The maximum absolute atomic E-state index is 5.52. The van der Waals surface area contributed by atoms with Gasteiger partial charge in [0.15, 0.2) is 0 Å². The standard InChI is InChI=1S/C13H18OS/c1-11(2)12-5-7-13(8-6-12)14-9-3-4-10-15/h3-8,11,15H,9-10H2,1-2H3. The van der Waals surface area contributed by atoms with Gasteiger partial charge in [-0.25, -0.2) is 0 Å². The Hall–Kier alpha value is -0.890. The molecule has 1 aromatic carbocycles. The Kier molecular flexibility index (Phi) is 5.33. The van der Waals surface area contributed by atoms with Crippen LogP contribution in [0.15, 0.2) is 36.4 Å². The predicted octanol–water partition coefficient (Wildman–Crippen LogP) is 3.67. The van der Waals surface area contributed by atoms with Gasteiger partial charge in [-0.05, 0) is 23.6 Å². The number of rotatable bonds is 5. The topological polar surface area (TPSA) is 9.23 Å². The molecule has 0 fully saturated rings. The van der Waals surface area contributed by atoms with E-state index in [4.69, 9.17) is 4.74 Å². The molecule has 0 amide bonds. The molecule has 0 spiro atoms. The Morgan fingerprint density at radius 3 is 2.40 bits per heavy atom. The van der Waals surface area contributed by atoms with Crippen LogP contribution in [-0.2, 0) is 0 Å². The van der Waals surface area contributed by atoms with E-state index in [9.17, 15) is 0 Å². The van der Waals surface area contributed by atoms with Gasteiger partial charge >= 0.3 is 0 Å². The van der Waals surface area contributed by atoms with Gasteiger partial charge < -0.3 is 4.74 Å². The molecule has 0 heterocycles. The lowest BCUT2D eigenvalue weighted by Crippen LogP contribution is -1.94. The van der Waals surface area contributed by atoms with Gasteiger partial charge in [0, 0.05) is 5.75 Å². The lowest BCUT2D eigenvalue weighted by Gasteiger charge is -2.07. The third-order valence-corrected chi connectivity index (χ3v) is 2.38. The summed E-state index contributed by atoms with van der Waals surface area (Å²) in [6.07, 6.45) is 3.95. The summed E-state index contributed by atoms with van der Waals surface area (Å²) >= 11 is 4.07. The largest absolute Gasteiger partial charge is 0.490 e. The van der Waals surface area contributed by atoms with Crippen molar-refractivity contribution in [3.63, 3.8) is 0 Å². The summed E-state index contributed by atoms with van der Waals surface area (Å²) in [6, 6.07) is 8.26. The molecule has 82 valence electrons. The SMILES string of the molecule is CC(C)c1ccc(OCC=CCS)cc1. The zero-order valence-electron chi connectivity index (χ0n) is 9.31. The van der Waals surface area contributed by atoms with Crippen molar-refractivity contribution in [2.45, 2.75) is 19.8 Å². The van der Waals surface area contributed by atoms with Crippen LogP contribution in [-0.4, -0.2) is 12.4 Å². The molecule has 0 unspecified atom stereocenters. The second-order valence-electron chi connectivity index (χ2n) is 3.69. The van der Waals surface area contributed by atoms with Crippen LogP contribution in [0.4, 0.5) is 0 Å². The van der Waals surface area contributed by atoms with Crippen LogP contribution in [0.3, 0.4) is 0 Å². The van der Waals surface area contributed by atoms with Crippen LogP contribution in [0.1, 0.15) is 25.3 Å². The summed E-state index contributed by atoms with van der Waals surface area (Å²) in [7, 11) is 0. The van der Waals surface area contributed by atoms with E-state index in [0.29, 0.717) is 12.5 Å². The minimum absolute atomic E-state index is 0.572. The average molecular weight is 222 g/mol. The number of thiol groups is 1. The number of hydrogen-bond donors (Lipinski definition) is 1. The normalized spacial score (nSPS) is 11.2. The Labute approximate surface area is 97.6 Å². The quantitative estimate of drug-likeness (QED) is 0.590. The first-order chi connectivity index (χ1) is 7.24. The van der Waals surface area contributed by atoms with Crippen LogP contribution in [0.25, 0.3) is 0 Å². The van der Waals surface area contributed by atoms with Crippen molar-refractivity contribution in [3.8, 4) is 5.75 Å². The second-order valence-corrected chi connectivity index (χ2v) is 4.05. The molecule has 1 nitrogen and oxygen atoms in total. The average Bonchev–Trinajstić information content (AvgIpc) is 2.25. The summed E-state index contributed by atoms with van der Waals surface area (Å²) in [4.78, 5) is 0. The zero-order valence-corrected chi connectivity index (χ0v) is 10.2. The van der Waals surface area contributed by atoms with Gasteiger partial charge in [-0.15, -0.1) is 0 Å². The Bertz CT molecular complexity index is 301. The number of benzene rings is 1. The molecule has 0 N–H and O–H groups in total.